The summed E-state index contributed by atoms with van der Waals surface area (Å²) in [6.07, 6.45) is 3.88. The molecule has 0 atom stereocenters. The lowest BCUT2D eigenvalue weighted by Crippen LogP contribution is -2.22. The van der Waals surface area contributed by atoms with Crippen molar-refractivity contribution in [1.82, 2.24) is 9.55 Å². The maximum atomic E-state index is 13.4. The highest BCUT2D eigenvalue weighted by Gasteiger charge is 2.11. The molecule has 4 aromatic rings. The van der Waals surface area contributed by atoms with Gasteiger partial charge in [0.15, 0.2) is 0 Å². The summed E-state index contributed by atoms with van der Waals surface area (Å²) >= 11 is 5.68. The molecule has 1 heterocycles. The van der Waals surface area contributed by atoms with Crippen molar-refractivity contribution in [2.45, 2.75) is 0 Å². The highest BCUT2D eigenvalue weighted by molar-refractivity contribution is 14.1. The van der Waals surface area contributed by atoms with Gasteiger partial charge in [-0.25, -0.2) is 4.98 Å². The van der Waals surface area contributed by atoms with Crippen LogP contribution in [0.4, 0.5) is 5.69 Å². The van der Waals surface area contributed by atoms with Crippen molar-refractivity contribution in [3.05, 3.63) is 96.5 Å². The molecular weight excluding hydrogens is 553 g/mol. The van der Waals surface area contributed by atoms with Crippen LogP contribution >= 0.6 is 38.5 Å². The zero-order valence-corrected chi connectivity index (χ0v) is 20.3. The quantitative estimate of drug-likeness (QED) is 0.282. The van der Waals surface area contributed by atoms with E-state index in [0.717, 1.165) is 25.0 Å². The van der Waals surface area contributed by atoms with Crippen molar-refractivity contribution in [3.63, 3.8) is 0 Å². The minimum atomic E-state index is -0.0801. The Bertz CT molecular complexity index is 1290. The van der Waals surface area contributed by atoms with E-state index in [9.17, 15) is 4.79 Å². The van der Waals surface area contributed by atoms with Crippen molar-refractivity contribution >= 4 is 67.3 Å². The van der Waals surface area contributed by atoms with Crippen molar-refractivity contribution in [1.29, 1.82) is 0 Å². The van der Waals surface area contributed by atoms with Crippen molar-refractivity contribution in [2.24, 2.45) is 0 Å². The molecule has 150 valence electrons. The molecule has 3 aromatic carbocycles. The number of fused-ring (bicyclic) bond motifs is 1. The number of hydrogen-bond donors (Lipinski definition) is 0. The van der Waals surface area contributed by atoms with Crippen LogP contribution in [0, 0.1) is 3.57 Å². The van der Waals surface area contributed by atoms with Gasteiger partial charge in [-0.05, 0) is 88.8 Å². The molecule has 1 aromatic heterocycles. The lowest BCUT2D eigenvalue weighted by atomic mass is 10.1. The van der Waals surface area contributed by atoms with Gasteiger partial charge in [-0.1, -0.05) is 34.1 Å². The summed E-state index contributed by atoms with van der Waals surface area (Å²) in [6.45, 7) is 0. The molecule has 0 aliphatic carbocycles. The Morgan fingerprint density at radius 1 is 0.967 bits per heavy atom. The molecule has 4 rings (SSSR count). The summed E-state index contributed by atoms with van der Waals surface area (Å²) in [5.74, 6) is 0.590. The third-order valence-electron chi connectivity index (χ3n) is 4.78. The summed E-state index contributed by atoms with van der Waals surface area (Å²) in [5.41, 5.74) is 3.57. The Morgan fingerprint density at radius 2 is 1.67 bits per heavy atom. The topological polar surface area (TPSA) is 38.1 Å². The lowest BCUT2D eigenvalue weighted by Gasteiger charge is -2.13. The van der Waals surface area contributed by atoms with Crippen LogP contribution in [0.15, 0.2) is 76.0 Å². The predicted molar refractivity (Wildman–Crippen MR) is 137 cm³/mol. The van der Waals surface area contributed by atoms with Crippen LogP contribution in [0.1, 0.15) is 11.4 Å². The molecule has 6 heteroatoms. The minimum absolute atomic E-state index is 0.0801. The van der Waals surface area contributed by atoms with Gasteiger partial charge in [0.05, 0.1) is 16.6 Å². The zero-order valence-electron chi connectivity index (χ0n) is 16.5. The molecule has 4 nitrogen and oxygen atoms in total. The second-order valence-corrected chi connectivity index (χ2v) is 9.23. The van der Waals surface area contributed by atoms with Crippen LogP contribution in [0.5, 0.6) is 0 Å². The Balaban J connectivity index is 1.87. The monoisotopic (exact) mass is 571 g/mol. The molecule has 0 fully saturated rings. The second kappa shape index (κ2) is 8.73. The predicted octanol–water partition coefficient (Wildman–Crippen LogP) is 5.99. The second-order valence-electron chi connectivity index (χ2n) is 7.07. The van der Waals surface area contributed by atoms with Crippen LogP contribution in [0.3, 0.4) is 0 Å². The Labute approximate surface area is 197 Å². The first-order valence-corrected chi connectivity index (χ1v) is 11.2. The third kappa shape index (κ3) is 4.34. The smallest absolute Gasteiger partial charge is 0.266 e. The summed E-state index contributed by atoms with van der Waals surface area (Å²) in [4.78, 5) is 20.2. The Kier molecular flexibility index (Phi) is 6.06. The number of benzene rings is 3. The van der Waals surface area contributed by atoms with Gasteiger partial charge in [0.1, 0.15) is 5.82 Å². The molecule has 0 radical (unpaired) electrons. The molecule has 0 spiro atoms. The molecular formula is C24H19BrIN3O. The minimum Gasteiger partial charge on any atom is -0.378 e. The van der Waals surface area contributed by atoms with E-state index >= 15 is 0 Å². The molecule has 0 N–H and O–H groups in total. The van der Waals surface area contributed by atoms with E-state index < -0.39 is 0 Å². The Hall–Kier alpha value is -2.45. The summed E-state index contributed by atoms with van der Waals surface area (Å²) in [7, 11) is 4.03. The first-order valence-electron chi connectivity index (χ1n) is 9.36. The average Bonchev–Trinajstić information content (AvgIpc) is 2.74. The van der Waals surface area contributed by atoms with E-state index in [0.29, 0.717) is 16.7 Å². The van der Waals surface area contributed by atoms with Crippen LogP contribution < -0.4 is 10.5 Å². The normalized spacial score (nSPS) is 11.3. The van der Waals surface area contributed by atoms with Gasteiger partial charge in [0.25, 0.3) is 5.56 Å². The Morgan fingerprint density at radius 3 is 2.33 bits per heavy atom. The summed E-state index contributed by atoms with van der Waals surface area (Å²) in [5, 5.41) is 0.609. The van der Waals surface area contributed by atoms with Crippen molar-refractivity contribution in [3.8, 4) is 5.69 Å². The highest BCUT2D eigenvalue weighted by Crippen LogP contribution is 2.20. The first kappa shape index (κ1) is 20.8. The van der Waals surface area contributed by atoms with E-state index in [4.69, 9.17) is 4.98 Å². The van der Waals surface area contributed by atoms with Crippen LogP contribution in [0.2, 0.25) is 0 Å². The van der Waals surface area contributed by atoms with E-state index in [2.05, 4.69) is 67.7 Å². The summed E-state index contributed by atoms with van der Waals surface area (Å²) < 4.78 is 3.63. The van der Waals surface area contributed by atoms with E-state index in [1.54, 1.807) is 4.57 Å². The van der Waals surface area contributed by atoms with Gasteiger partial charge in [-0.2, -0.15) is 0 Å². The number of rotatable bonds is 4. The van der Waals surface area contributed by atoms with Gasteiger partial charge in [-0.15, -0.1) is 0 Å². The van der Waals surface area contributed by atoms with Crippen LogP contribution in [-0.4, -0.2) is 23.6 Å². The fourth-order valence-electron chi connectivity index (χ4n) is 3.18. The van der Waals surface area contributed by atoms with Gasteiger partial charge in [-0.3, -0.25) is 9.36 Å². The number of hydrogen-bond acceptors (Lipinski definition) is 3. The van der Waals surface area contributed by atoms with Crippen molar-refractivity contribution in [2.75, 3.05) is 19.0 Å². The highest BCUT2D eigenvalue weighted by atomic mass is 127. The average molecular weight is 572 g/mol. The maximum absolute atomic E-state index is 13.4. The molecule has 30 heavy (non-hydrogen) atoms. The summed E-state index contributed by atoms with van der Waals surface area (Å²) in [6, 6.07) is 21.7. The van der Waals surface area contributed by atoms with Gasteiger partial charge in [0.2, 0.25) is 0 Å². The third-order valence-corrected chi connectivity index (χ3v) is 5.98. The van der Waals surface area contributed by atoms with Crippen LogP contribution in [0.25, 0.3) is 28.7 Å². The molecule has 0 saturated heterocycles. The number of halogens is 2. The van der Waals surface area contributed by atoms with Crippen molar-refractivity contribution < 1.29 is 0 Å². The van der Waals surface area contributed by atoms with E-state index in [1.807, 2.05) is 68.7 Å². The fourth-order valence-corrected chi connectivity index (χ4v) is 3.94. The standard InChI is InChI=1S/C24H19BrIN3O/c1-28(2)19-9-3-16(4-10-19)5-14-23-27-22-13-8-18(26)15-21(22)24(30)29(23)20-11-6-17(25)7-12-20/h3-15H,1-2H3. The lowest BCUT2D eigenvalue weighted by molar-refractivity contribution is 0.943. The molecule has 0 bridgehead atoms. The number of anilines is 1. The van der Waals surface area contributed by atoms with E-state index in [-0.39, 0.29) is 5.56 Å². The van der Waals surface area contributed by atoms with Gasteiger partial charge in [0, 0.05) is 27.8 Å². The van der Waals surface area contributed by atoms with Gasteiger partial charge < -0.3 is 4.90 Å². The fraction of sp³-hybridized carbons (Fsp3) is 0.0833. The maximum Gasteiger partial charge on any atom is 0.266 e. The SMILES string of the molecule is CN(C)c1ccc(C=Cc2nc3ccc(I)cc3c(=O)n2-c2ccc(Br)cc2)cc1. The first-order chi connectivity index (χ1) is 14.4. The molecule has 0 amide bonds. The molecule has 0 unspecified atom stereocenters. The molecule has 0 aliphatic heterocycles. The number of nitrogens with zero attached hydrogens (tertiary/aromatic N) is 3. The molecule has 0 aliphatic rings. The van der Waals surface area contributed by atoms with E-state index in [1.165, 1.54) is 0 Å². The van der Waals surface area contributed by atoms with Gasteiger partial charge >= 0.3 is 0 Å². The van der Waals surface area contributed by atoms with Crippen LogP contribution in [-0.2, 0) is 0 Å². The largest absolute Gasteiger partial charge is 0.378 e. The molecule has 0 saturated carbocycles. The zero-order chi connectivity index (χ0) is 21.3. The number of aromatic nitrogens is 2.